The zero-order valence-corrected chi connectivity index (χ0v) is 12.7. The summed E-state index contributed by atoms with van der Waals surface area (Å²) in [5.41, 5.74) is 0.722. The number of pyridine rings is 1. The summed E-state index contributed by atoms with van der Waals surface area (Å²) in [6.45, 7) is 0. The van der Waals surface area contributed by atoms with E-state index in [4.69, 9.17) is 0 Å². The summed E-state index contributed by atoms with van der Waals surface area (Å²) < 4.78 is 1.54. The number of hydrogen-bond acceptors (Lipinski definition) is 4. The second kappa shape index (κ2) is 5.61. The molecule has 1 aromatic carbocycles. The summed E-state index contributed by atoms with van der Waals surface area (Å²) in [5.74, 6) is 0.229. The third-order valence-corrected chi connectivity index (χ3v) is 3.53. The molecule has 0 atom stereocenters. The Labute approximate surface area is 125 Å². The highest BCUT2D eigenvalue weighted by Gasteiger charge is 2.16. The lowest BCUT2D eigenvalue weighted by Crippen LogP contribution is -2.00. The molecule has 5 nitrogen and oxygen atoms in total. The maximum absolute atomic E-state index is 11.0. The Morgan fingerprint density at radius 1 is 1.39 bits per heavy atom. The van der Waals surface area contributed by atoms with Crippen molar-refractivity contribution in [3.05, 3.63) is 54.7 Å². The topological polar surface area (TPSA) is 68.1 Å². The highest BCUT2D eigenvalue weighted by molar-refractivity contribution is 14.1. The van der Waals surface area contributed by atoms with E-state index in [1.54, 1.807) is 0 Å². The second-order valence-corrected chi connectivity index (χ2v) is 5.46. The number of nitro groups is 1. The van der Waals surface area contributed by atoms with Gasteiger partial charge >= 0.3 is 5.69 Å². The molecule has 2 aromatic rings. The van der Waals surface area contributed by atoms with E-state index in [1.165, 1.54) is 12.3 Å². The van der Waals surface area contributed by atoms with Gasteiger partial charge in [0, 0.05) is 20.3 Å². The van der Waals surface area contributed by atoms with Crippen molar-refractivity contribution in [2.24, 2.45) is 0 Å². The molecule has 0 amide bonds. The lowest BCUT2D eigenvalue weighted by Gasteiger charge is -2.07. The van der Waals surface area contributed by atoms with Crippen LogP contribution in [0.4, 0.5) is 17.2 Å². The van der Waals surface area contributed by atoms with Crippen molar-refractivity contribution >= 4 is 55.7 Å². The van der Waals surface area contributed by atoms with Crippen LogP contribution in [0.15, 0.2) is 41.0 Å². The number of hydrogen-bond donors (Lipinski definition) is 1. The molecule has 7 heteroatoms. The van der Waals surface area contributed by atoms with E-state index in [0.29, 0.717) is 4.47 Å². The molecule has 0 aliphatic heterocycles. The Morgan fingerprint density at radius 3 is 2.78 bits per heavy atom. The number of para-hydroxylation sites is 1. The molecular weight excluding hydrogens is 413 g/mol. The van der Waals surface area contributed by atoms with E-state index >= 15 is 0 Å². The van der Waals surface area contributed by atoms with Crippen LogP contribution in [-0.2, 0) is 0 Å². The molecule has 0 aliphatic rings. The van der Waals surface area contributed by atoms with Crippen LogP contribution in [0.5, 0.6) is 0 Å². The molecule has 92 valence electrons. The minimum Gasteiger partial charge on any atom is -0.334 e. The first-order valence-electron chi connectivity index (χ1n) is 4.89. The molecule has 18 heavy (non-hydrogen) atoms. The van der Waals surface area contributed by atoms with Gasteiger partial charge in [0.1, 0.15) is 0 Å². The largest absolute Gasteiger partial charge is 0.334 e. The zero-order valence-electron chi connectivity index (χ0n) is 8.93. The van der Waals surface area contributed by atoms with Crippen LogP contribution in [0.2, 0.25) is 0 Å². The van der Waals surface area contributed by atoms with Gasteiger partial charge in [-0.15, -0.1) is 0 Å². The van der Waals surface area contributed by atoms with E-state index in [1.807, 2.05) is 24.3 Å². The summed E-state index contributed by atoms with van der Waals surface area (Å²) in [4.78, 5) is 14.5. The van der Waals surface area contributed by atoms with Gasteiger partial charge in [-0.1, -0.05) is 12.1 Å². The lowest BCUT2D eigenvalue weighted by atomic mass is 10.3. The third-order valence-electron chi connectivity index (χ3n) is 2.16. The van der Waals surface area contributed by atoms with Crippen LogP contribution in [0.1, 0.15) is 0 Å². The Balaban J connectivity index is 2.41. The fourth-order valence-corrected chi connectivity index (χ4v) is 2.20. The maximum Gasteiger partial charge on any atom is 0.312 e. The highest BCUT2D eigenvalue weighted by atomic mass is 127. The van der Waals surface area contributed by atoms with Crippen LogP contribution in [0.25, 0.3) is 0 Å². The number of benzene rings is 1. The molecule has 1 heterocycles. The molecule has 1 aromatic heterocycles. The first-order chi connectivity index (χ1) is 8.58. The average molecular weight is 420 g/mol. The fourth-order valence-electron chi connectivity index (χ4n) is 1.35. The quantitative estimate of drug-likeness (QED) is 0.462. The standard InChI is InChI=1S/C11H7BrIN3O2/c12-7-5-10(16(17)18)11(14-6-7)15-9-4-2-1-3-8(9)13/h1-6H,(H,14,15). The van der Waals surface area contributed by atoms with Gasteiger partial charge in [0.05, 0.1) is 10.6 Å². The molecule has 0 aliphatic carbocycles. The lowest BCUT2D eigenvalue weighted by molar-refractivity contribution is -0.384. The number of rotatable bonds is 3. The van der Waals surface area contributed by atoms with Crippen molar-refractivity contribution < 1.29 is 4.92 Å². The maximum atomic E-state index is 11.0. The van der Waals surface area contributed by atoms with E-state index in [0.717, 1.165) is 9.26 Å². The molecule has 0 spiro atoms. The minimum atomic E-state index is -0.462. The first kappa shape index (κ1) is 13.2. The summed E-state index contributed by atoms with van der Waals surface area (Å²) in [6.07, 6.45) is 1.52. The Morgan fingerprint density at radius 2 is 2.11 bits per heavy atom. The molecule has 0 saturated carbocycles. The van der Waals surface area contributed by atoms with Crippen LogP contribution >= 0.6 is 38.5 Å². The highest BCUT2D eigenvalue weighted by Crippen LogP contribution is 2.29. The normalized spacial score (nSPS) is 10.1. The van der Waals surface area contributed by atoms with E-state index in [9.17, 15) is 10.1 Å². The zero-order chi connectivity index (χ0) is 13.1. The van der Waals surface area contributed by atoms with E-state index < -0.39 is 4.92 Å². The molecule has 0 bridgehead atoms. The Hall–Kier alpha value is -1.22. The number of aromatic nitrogens is 1. The summed E-state index contributed by atoms with van der Waals surface area (Å²) >= 11 is 5.32. The molecule has 0 saturated heterocycles. The predicted octanol–water partition coefficient (Wildman–Crippen LogP) is 4.10. The SMILES string of the molecule is O=[N+]([O-])c1cc(Br)cnc1Nc1ccccc1I. The predicted molar refractivity (Wildman–Crippen MR) is 81.0 cm³/mol. The molecule has 0 radical (unpaired) electrons. The van der Waals surface area contributed by atoms with Gasteiger partial charge in [-0.25, -0.2) is 4.98 Å². The van der Waals surface area contributed by atoms with Gasteiger partial charge in [0.15, 0.2) is 0 Å². The second-order valence-electron chi connectivity index (χ2n) is 3.38. The molecule has 2 rings (SSSR count). The van der Waals surface area contributed by atoms with Crippen molar-refractivity contribution in [2.75, 3.05) is 5.32 Å². The van der Waals surface area contributed by atoms with Gasteiger partial charge in [-0.3, -0.25) is 10.1 Å². The van der Waals surface area contributed by atoms with Crippen molar-refractivity contribution in [3.8, 4) is 0 Å². The number of halogens is 2. The summed E-state index contributed by atoms with van der Waals surface area (Å²) in [7, 11) is 0. The fraction of sp³-hybridized carbons (Fsp3) is 0. The van der Waals surface area contributed by atoms with Gasteiger partial charge in [-0.2, -0.15) is 0 Å². The smallest absolute Gasteiger partial charge is 0.312 e. The summed E-state index contributed by atoms with van der Waals surface area (Å²) in [6, 6.07) is 8.93. The van der Waals surface area contributed by atoms with Gasteiger partial charge < -0.3 is 5.32 Å². The van der Waals surface area contributed by atoms with E-state index in [-0.39, 0.29) is 11.5 Å². The van der Waals surface area contributed by atoms with Crippen molar-refractivity contribution in [1.29, 1.82) is 0 Å². The number of anilines is 2. The molecular formula is C11H7BrIN3O2. The van der Waals surface area contributed by atoms with Crippen LogP contribution in [-0.4, -0.2) is 9.91 Å². The Bertz CT molecular complexity index is 607. The van der Waals surface area contributed by atoms with Crippen LogP contribution in [0, 0.1) is 13.7 Å². The van der Waals surface area contributed by atoms with Gasteiger partial charge in [-0.05, 0) is 50.7 Å². The summed E-state index contributed by atoms with van der Waals surface area (Å²) in [5, 5.41) is 13.9. The van der Waals surface area contributed by atoms with Gasteiger partial charge in [0.2, 0.25) is 5.82 Å². The minimum absolute atomic E-state index is 0.0657. The molecule has 1 N–H and O–H groups in total. The average Bonchev–Trinajstić information content (AvgIpc) is 2.34. The van der Waals surface area contributed by atoms with Gasteiger partial charge in [0.25, 0.3) is 0 Å². The Kier molecular flexibility index (Phi) is 4.12. The monoisotopic (exact) mass is 419 g/mol. The van der Waals surface area contributed by atoms with Crippen molar-refractivity contribution in [1.82, 2.24) is 4.98 Å². The number of nitrogens with one attached hydrogen (secondary N) is 1. The van der Waals surface area contributed by atoms with Crippen LogP contribution < -0.4 is 5.32 Å². The first-order valence-corrected chi connectivity index (χ1v) is 6.76. The third kappa shape index (κ3) is 2.96. The van der Waals surface area contributed by atoms with E-state index in [2.05, 4.69) is 48.8 Å². The molecule has 0 unspecified atom stereocenters. The van der Waals surface area contributed by atoms with Crippen molar-refractivity contribution in [3.63, 3.8) is 0 Å². The van der Waals surface area contributed by atoms with Crippen LogP contribution in [0.3, 0.4) is 0 Å². The molecule has 0 fully saturated rings. The van der Waals surface area contributed by atoms with Crippen molar-refractivity contribution in [2.45, 2.75) is 0 Å². The number of nitrogens with zero attached hydrogens (tertiary/aromatic N) is 2.